The summed E-state index contributed by atoms with van der Waals surface area (Å²) in [5.74, 6) is 2.27. The molecule has 0 unspecified atom stereocenters. The van der Waals surface area contributed by atoms with Crippen molar-refractivity contribution in [3.05, 3.63) is 0 Å². The number of sulfone groups is 1. The third kappa shape index (κ3) is 4.12. The van der Waals surface area contributed by atoms with Crippen LogP contribution >= 0.6 is 0 Å². The lowest BCUT2D eigenvalue weighted by Gasteiger charge is -2.22. The van der Waals surface area contributed by atoms with Crippen molar-refractivity contribution in [1.29, 1.82) is 0 Å². The summed E-state index contributed by atoms with van der Waals surface area (Å²) in [6, 6.07) is 0. The van der Waals surface area contributed by atoms with E-state index in [4.69, 9.17) is 0 Å². The number of hydrogen-bond donors (Lipinski definition) is 0. The molecule has 1 saturated heterocycles. The first kappa shape index (κ1) is 11.0. The van der Waals surface area contributed by atoms with Crippen molar-refractivity contribution in [2.24, 2.45) is 11.8 Å². The Bertz CT molecular complexity index is 228. The van der Waals surface area contributed by atoms with Crippen molar-refractivity contribution in [3.8, 4) is 0 Å². The van der Waals surface area contributed by atoms with Crippen molar-refractivity contribution in [2.45, 2.75) is 39.5 Å². The molecule has 0 bridgehead atoms. The molecular weight excluding hydrogens is 184 g/mol. The molecule has 3 heteroatoms. The van der Waals surface area contributed by atoms with E-state index in [1.54, 1.807) is 0 Å². The van der Waals surface area contributed by atoms with Crippen molar-refractivity contribution in [2.75, 3.05) is 11.5 Å². The van der Waals surface area contributed by atoms with Gasteiger partial charge in [-0.05, 0) is 24.7 Å². The van der Waals surface area contributed by atoms with E-state index in [1.807, 2.05) is 0 Å². The van der Waals surface area contributed by atoms with Crippen LogP contribution in [0.1, 0.15) is 39.5 Å². The molecule has 0 amide bonds. The Labute approximate surface area is 81.6 Å². The first-order chi connectivity index (χ1) is 5.99. The van der Waals surface area contributed by atoms with Gasteiger partial charge in [0.15, 0.2) is 0 Å². The van der Waals surface area contributed by atoms with Gasteiger partial charge in [-0.15, -0.1) is 0 Å². The molecule has 13 heavy (non-hydrogen) atoms. The first-order valence-electron chi connectivity index (χ1n) is 5.20. The minimum Gasteiger partial charge on any atom is -0.229 e. The number of rotatable bonds is 3. The van der Waals surface area contributed by atoms with Crippen molar-refractivity contribution < 1.29 is 8.42 Å². The van der Waals surface area contributed by atoms with E-state index in [0.29, 0.717) is 17.4 Å². The molecular formula is C10H20O2S. The van der Waals surface area contributed by atoms with Gasteiger partial charge in [-0.2, -0.15) is 0 Å². The molecule has 1 aliphatic heterocycles. The van der Waals surface area contributed by atoms with Crippen molar-refractivity contribution in [3.63, 3.8) is 0 Å². The summed E-state index contributed by atoms with van der Waals surface area (Å²) >= 11 is 0. The molecule has 0 aromatic carbocycles. The monoisotopic (exact) mass is 204 g/mol. The number of hydrogen-bond acceptors (Lipinski definition) is 2. The Kier molecular flexibility index (Phi) is 3.77. The van der Waals surface area contributed by atoms with Crippen LogP contribution in [0.15, 0.2) is 0 Å². The molecule has 0 aliphatic carbocycles. The summed E-state index contributed by atoms with van der Waals surface area (Å²) in [5, 5.41) is 0. The van der Waals surface area contributed by atoms with E-state index in [0.717, 1.165) is 18.8 Å². The molecule has 0 saturated carbocycles. The molecule has 1 fully saturated rings. The van der Waals surface area contributed by atoms with E-state index < -0.39 is 9.84 Å². The molecule has 1 aliphatic rings. The summed E-state index contributed by atoms with van der Waals surface area (Å²) in [5.41, 5.74) is 0. The van der Waals surface area contributed by atoms with Gasteiger partial charge in [0.1, 0.15) is 9.84 Å². The van der Waals surface area contributed by atoms with Gasteiger partial charge in [-0.3, -0.25) is 0 Å². The first-order valence-corrected chi connectivity index (χ1v) is 7.02. The van der Waals surface area contributed by atoms with Gasteiger partial charge < -0.3 is 0 Å². The molecule has 78 valence electrons. The summed E-state index contributed by atoms with van der Waals surface area (Å²) in [4.78, 5) is 0. The quantitative estimate of drug-likeness (QED) is 0.706. The van der Waals surface area contributed by atoms with E-state index in [2.05, 4.69) is 13.8 Å². The molecule has 1 heterocycles. The van der Waals surface area contributed by atoms with Crippen LogP contribution in [-0.4, -0.2) is 19.9 Å². The third-order valence-corrected chi connectivity index (χ3v) is 4.54. The van der Waals surface area contributed by atoms with Gasteiger partial charge in [-0.1, -0.05) is 26.7 Å². The zero-order valence-electron chi connectivity index (χ0n) is 8.62. The predicted octanol–water partition coefficient (Wildman–Crippen LogP) is 2.25. The Hall–Kier alpha value is -0.0500. The van der Waals surface area contributed by atoms with Crippen LogP contribution in [0.4, 0.5) is 0 Å². The van der Waals surface area contributed by atoms with Gasteiger partial charge in [0.2, 0.25) is 0 Å². The van der Waals surface area contributed by atoms with Gasteiger partial charge in [0.25, 0.3) is 0 Å². The summed E-state index contributed by atoms with van der Waals surface area (Å²) < 4.78 is 22.3. The van der Waals surface area contributed by atoms with Gasteiger partial charge in [-0.25, -0.2) is 8.42 Å². The van der Waals surface area contributed by atoms with Gasteiger partial charge >= 0.3 is 0 Å². The van der Waals surface area contributed by atoms with Crippen LogP contribution in [0, 0.1) is 11.8 Å². The second kappa shape index (κ2) is 4.45. The molecule has 0 atom stereocenters. The maximum absolute atomic E-state index is 11.1. The Morgan fingerprint density at radius 3 is 2.23 bits per heavy atom. The molecule has 2 nitrogen and oxygen atoms in total. The molecule has 1 rings (SSSR count). The smallest absolute Gasteiger partial charge is 0.150 e. The lowest BCUT2D eigenvalue weighted by atomic mass is 9.93. The minimum atomic E-state index is -2.65. The van der Waals surface area contributed by atoms with Crippen LogP contribution in [0.2, 0.25) is 0 Å². The van der Waals surface area contributed by atoms with Gasteiger partial charge in [0, 0.05) is 0 Å². The topological polar surface area (TPSA) is 34.1 Å². The minimum absolute atomic E-state index is 0.426. The van der Waals surface area contributed by atoms with E-state index >= 15 is 0 Å². The lowest BCUT2D eigenvalue weighted by Crippen LogP contribution is -2.23. The normalized spacial score (nSPS) is 23.6. The summed E-state index contributed by atoms with van der Waals surface area (Å²) in [6.45, 7) is 4.44. The standard InChI is InChI=1S/C10H20O2S/c1-9(2)3-4-10-5-7-13(11,12)8-6-10/h9-10H,3-8H2,1-2H3. The zero-order chi connectivity index (χ0) is 9.90. The van der Waals surface area contributed by atoms with E-state index in [9.17, 15) is 8.42 Å². The van der Waals surface area contributed by atoms with Crippen LogP contribution in [0.3, 0.4) is 0 Å². The highest BCUT2D eigenvalue weighted by Crippen LogP contribution is 2.24. The second-order valence-electron chi connectivity index (χ2n) is 4.57. The highest BCUT2D eigenvalue weighted by atomic mass is 32.2. The van der Waals surface area contributed by atoms with Gasteiger partial charge in [0.05, 0.1) is 11.5 Å². The third-order valence-electron chi connectivity index (χ3n) is 2.83. The highest BCUT2D eigenvalue weighted by molar-refractivity contribution is 7.91. The molecule has 0 N–H and O–H groups in total. The second-order valence-corrected chi connectivity index (χ2v) is 6.87. The molecule has 0 radical (unpaired) electrons. The van der Waals surface area contributed by atoms with E-state index in [1.165, 1.54) is 12.8 Å². The van der Waals surface area contributed by atoms with Crippen LogP contribution in [0.5, 0.6) is 0 Å². The van der Waals surface area contributed by atoms with Crippen LogP contribution in [0.25, 0.3) is 0 Å². The molecule has 0 spiro atoms. The molecule has 0 aromatic rings. The SMILES string of the molecule is CC(C)CCC1CCS(=O)(=O)CC1. The van der Waals surface area contributed by atoms with Crippen molar-refractivity contribution >= 4 is 9.84 Å². The fourth-order valence-corrected chi connectivity index (χ4v) is 3.39. The summed E-state index contributed by atoms with van der Waals surface area (Å²) in [6.07, 6.45) is 4.25. The predicted molar refractivity (Wildman–Crippen MR) is 55.4 cm³/mol. The summed E-state index contributed by atoms with van der Waals surface area (Å²) in [7, 11) is -2.65. The maximum Gasteiger partial charge on any atom is 0.150 e. The average molecular weight is 204 g/mol. The van der Waals surface area contributed by atoms with E-state index in [-0.39, 0.29) is 0 Å². The Morgan fingerprint density at radius 1 is 1.23 bits per heavy atom. The Morgan fingerprint density at radius 2 is 1.77 bits per heavy atom. The zero-order valence-corrected chi connectivity index (χ0v) is 9.44. The van der Waals surface area contributed by atoms with Crippen molar-refractivity contribution in [1.82, 2.24) is 0 Å². The fourth-order valence-electron chi connectivity index (χ4n) is 1.80. The lowest BCUT2D eigenvalue weighted by molar-refractivity contribution is 0.392. The average Bonchev–Trinajstić information content (AvgIpc) is 2.02. The largest absolute Gasteiger partial charge is 0.229 e. The van der Waals surface area contributed by atoms with Crippen LogP contribution in [-0.2, 0) is 9.84 Å². The Balaban J connectivity index is 2.26. The molecule has 0 aromatic heterocycles. The fraction of sp³-hybridized carbons (Fsp3) is 1.00. The highest BCUT2D eigenvalue weighted by Gasteiger charge is 2.23. The van der Waals surface area contributed by atoms with Crippen LogP contribution < -0.4 is 0 Å². The maximum atomic E-state index is 11.1.